The molecule has 4 nitrogen and oxygen atoms in total. The molecule has 1 fully saturated rings. The van der Waals surface area contributed by atoms with Crippen LogP contribution in [0.2, 0.25) is 5.02 Å². The first-order chi connectivity index (χ1) is 12.0. The molecule has 0 amide bonds. The Bertz CT molecular complexity index is 741. The van der Waals surface area contributed by atoms with Crippen molar-refractivity contribution in [1.82, 2.24) is 0 Å². The first kappa shape index (κ1) is 17.8. The lowest BCUT2D eigenvalue weighted by atomic mass is 9.64. The van der Waals surface area contributed by atoms with Gasteiger partial charge in [-0.05, 0) is 49.6 Å². The Balaban J connectivity index is 1.73. The van der Waals surface area contributed by atoms with Crippen LogP contribution >= 0.6 is 11.6 Å². The molecule has 2 N–H and O–H groups in total. The highest BCUT2D eigenvalue weighted by atomic mass is 35.5. The summed E-state index contributed by atoms with van der Waals surface area (Å²) in [5.41, 5.74) is 1.94. The van der Waals surface area contributed by atoms with E-state index in [-0.39, 0.29) is 5.97 Å². The highest BCUT2D eigenvalue weighted by Crippen LogP contribution is 2.45. The van der Waals surface area contributed by atoms with Crippen molar-refractivity contribution in [3.8, 4) is 0 Å². The van der Waals surface area contributed by atoms with Gasteiger partial charge >= 0.3 is 5.97 Å². The molecule has 0 spiro atoms. The third kappa shape index (κ3) is 3.65. The van der Waals surface area contributed by atoms with Crippen LogP contribution in [0.1, 0.15) is 43.5 Å². The van der Waals surface area contributed by atoms with Gasteiger partial charge in [0.25, 0.3) is 0 Å². The number of hydrogen-bond acceptors (Lipinski definition) is 4. The van der Waals surface area contributed by atoms with Crippen LogP contribution in [-0.2, 0) is 14.9 Å². The first-order valence-electron chi connectivity index (χ1n) is 8.53. The number of esters is 1. The Labute approximate surface area is 152 Å². The Kier molecular flexibility index (Phi) is 5.30. The van der Waals surface area contributed by atoms with E-state index in [1.165, 1.54) is 0 Å². The minimum Gasteiger partial charge on any atom is -0.465 e. The molecule has 5 heteroatoms. The molecular formula is C20H22ClNO3. The third-order valence-corrected chi connectivity index (χ3v) is 5.01. The highest BCUT2D eigenvalue weighted by molar-refractivity contribution is 6.30. The normalized spacial score (nSPS) is 16.6. The van der Waals surface area contributed by atoms with E-state index < -0.39 is 11.6 Å². The zero-order valence-electron chi connectivity index (χ0n) is 14.2. The van der Waals surface area contributed by atoms with E-state index in [0.29, 0.717) is 17.2 Å². The second-order valence-corrected chi connectivity index (χ2v) is 6.77. The maximum atomic E-state index is 12.3. The summed E-state index contributed by atoms with van der Waals surface area (Å²) in [6.07, 6.45) is 1.83. The van der Waals surface area contributed by atoms with Crippen LogP contribution < -0.4 is 5.32 Å². The molecule has 0 heterocycles. The molecule has 0 saturated heterocycles. The lowest BCUT2D eigenvalue weighted by Gasteiger charge is -2.39. The zero-order valence-corrected chi connectivity index (χ0v) is 14.9. The zero-order chi connectivity index (χ0) is 17.9. The van der Waals surface area contributed by atoms with E-state index in [9.17, 15) is 9.90 Å². The van der Waals surface area contributed by atoms with E-state index in [2.05, 4.69) is 5.32 Å². The first-order valence-corrected chi connectivity index (χ1v) is 8.91. The number of hydrogen-bond donors (Lipinski definition) is 2. The van der Waals surface area contributed by atoms with Crippen LogP contribution in [-0.4, -0.2) is 17.7 Å². The van der Waals surface area contributed by atoms with Crippen molar-refractivity contribution in [3.05, 3.63) is 64.7 Å². The number of ether oxygens (including phenoxy) is 1. The van der Waals surface area contributed by atoms with Crippen LogP contribution in [0.25, 0.3) is 0 Å². The van der Waals surface area contributed by atoms with Gasteiger partial charge in [0.1, 0.15) is 0 Å². The van der Waals surface area contributed by atoms with Crippen molar-refractivity contribution >= 4 is 23.3 Å². The number of aliphatic hydroxyl groups is 1. The summed E-state index contributed by atoms with van der Waals surface area (Å²) in [7, 11) is 0. The number of rotatable bonds is 6. The van der Waals surface area contributed by atoms with Crippen molar-refractivity contribution in [3.63, 3.8) is 0 Å². The fraction of sp³-hybridized carbons (Fsp3) is 0.350. The van der Waals surface area contributed by atoms with Gasteiger partial charge < -0.3 is 15.2 Å². The molecule has 0 radical (unpaired) electrons. The summed E-state index contributed by atoms with van der Waals surface area (Å²) in [4.78, 5) is 12.3. The van der Waals surface area contributed by atoms with Gasteiger partial charge in [0.15, 0.2) is 6.23 Å². The average Bonchev–Trinajstić information content (AvgIpc) is 2.55. The summed E-state index contributed by atoms with van der Waals surface area (Å²) in [5, 5.41) is 13.9. The summed E-state index contributed by atoms with van der Waals surface area (Å²) in [6, 6.07) is 14.7. The van der Waals surface area contributed by atoms with E-state index in [1.54, 1.807) is 18.2 Å². The smallest absolute Gasteiger partial charge is 0.316 e. The molecule has 2 aromatic carbocycles. The molecule has 3 rings (SSSR count). The second kappa shape index (κ2) is 7.46. The largest absolute Gasteiger partial charge is 0.465 e. The Morgan fingerprint density at radius 1 is 1.28 bits per heavy atom. The number of carbonyl (C=O) groups is 1. The third-order valence-electron chi connectivity index (χ3n) is 4.78. The number of carbonyl (C=O) groups excluding carboxylic acids is 1. The van der Waals surface area contributed by atoms with Gasteiger partial charge in [0.05, 0.1) is 12.0 Å². The Morgan fingerprint density at radius 2 is 2.00 bits per heavy atom. The fourth-order valence-corrected chi connectivity index (χ4v) is 3.41. The van der Waals surface area contributed by atoms with Gasteiger partial charge in [0, 0.05) is 16.3 Å². The molecule has 1 atom stereocenters. The van der Waals surface area contributed by atoms with Gasteiger partial charge in [-0.15, -0.1) is 0 Å². The molecule has 2 aromatic rings. The van der Waals surface area contributed by atoms with Crippen LogP contribution in [0, 0.1) is 0 Å². The van der Waals surface area contributed by atoms with Gasteiger partial charge in [-0.1, -0.05) is 42.3 Å². The molecule has 132 valence electrons. The quantitative estimate of drug-likeness (QED) is 0.591. The maximum Gasteiger partial charge on any atom is 0.316 e. The molecular weight excluding hydrogens is 338 g/mol. The van der Waals surface area contributed by atoms with E-state index in [4.69, 9.17) is 16.3 Å². The van der Waals surface area contributed by atoms with Crippen molar-refractivity contribution in [1.29, 1.82) is 0 Å². The molecule has 0 aromatic heterocycles. The monoisotopic (exact) mass is 359 g/mol. The van der Waals surface area contributed by atoms with Crippen LogP contribution in [0.5, 0.6) is 0 Å². The van der Waals surface area contributed by atoms with Crippen molar-refractivity contribution in [2.45, 2.75) is 37.8 Å². The van der Waals surface area contributed by atoms with Gasteiger partial charge in [0.2, 0.25) is 0 Å². The molecule has 0 aliphatic heterocycles. The average molecular weight is 360 g/mol. The van der Waals surface area contributed by atoms with Crippen molar-refractivity contribution < 1.29 is 14.6 Å². The Morgan fingerprint density at radius 3 is 2.56 bits per heavy atom. The topological polar surface area (TPSA) is 58.6 Å². The lowest BCUT2D eigenvalue weighted by molar-refractivity contribution is -0.153. The lowest BCUT2D eigenvalue weighted by Crippen LogP contribution is -2.43. The van der Waals surface area contributed by atoms with Gasteiger partial charge in [-0.3, -0.25) is 4.79 Å². The minimum absolute atomic E-state index is 0.138. The summed E-state index contributed by atoms with van der Waals surface area (Å²) in [6.45, 7) is 2.22. The van der Waals surface area contributed by atoms with Gasteiger partial charge in [-0.2, -0.15) is 0 Å². The summed E-state index contributed by atoms with van der Waals surface area (Å²) < 4.78 is 5.26. The Hall–Kier alpha value is -2.04. The maximum absolute atomic E-state index is 12.3. The van der Waals surface area contributed by atoms with E-state index >= 15 is 0 Å². The van der Waals surface area contributed by atoms with E-state index in [1.807, 2.05) is 37.3 Å². The van der Waals surface area contributed by atoms with Crippen molar-refractivity contribution in [2.24, 2.45) is 0 Å². The highest BCUT2D eigenvalue weighted by Gasteiger charge is 2.46. The molecule has 0 bridgehead atoms. The van der Waals surface area contributed by atoms with E-state index in [0.717, 1.165) is 30.5 Å². The second-order valence-electron chi connectivity index (χ2n) is 6.34. The molecule has 1 unspecified atom stereocenters. The molecule has 1 aliphatic carbocycles. The van der Waals surface area contributed by atoms with Crippen molar-refractivity contribution in [2.75, 3.05) is 11.9 Å². The standard InChI is InChI=1S/C20H22ClNO3/c1-2-25-19(24)20(11-4-12-20)15-7-9-17(10-8-15)22-18(23)14-5-3-6-16(21)13-14/h3,5-10,13,18,22-23H,2,4,11-12H2,1H3. The van der Waals surface area contributed by atoms with Crippen LogP contribution in [0.15, 0.2) is 48.5 Å². The number of nitrogens with one attached hydrogen (secondary N) is 1. The van der Waals surface area contributed by atoms with Crippen LogP contribution in [0.3, 0.4) is 0 Å². The SMILES string of the molecule is CCOC(=O)C1(c2ccc(NC(O)c3cccc(Cl)c3)cc2)CCC1. The predicted octanol–water partition coefficient (Wildman–Crippen LogP) is 4.43. The molecule has 1 aliphatic rings. The predicted molar refractivity (Wildman–Crippen MR) is 98.6 cm³/mol. The molecule has 25 heavy (non-hydrogen) atoms. The fourth-order valence-electron chi connectivity index (χ4n) is 3.21. The summed E-state index contributed by atoms with van der Waals surface area (Å²) >= 11 is 5.96. The molecule has 1 saturated carbocycles. The number of aliphatic hydroxyl groups excluding tert-OH is 1. The number of benzene rings is 2. The minimum atomic E-state index is -0.854. The number of halogens is 1. The van der Waals surface area contributed by atoms with Crippen LogP contribution in [0.4, 0.5) is 5.69 Å². The number of anilines is 1. The van der Waals surface area contributed by atoms with Gasteiger partial charge in [-0.25, -0.2) is 0 Å². The summed E-state index contributed by atoms with van der Waals surface area (Å²) in [5.74, 6) is -0.138.